The second kappa shape index (κ2) is 9.06. The van der Waals surface area contributed by atoms with Crippen molar-refractivity contribution in [2.45, 2.75) is 44.3 Å². The van der Waals surface area contributed by atoms with Gasteiger partial charge in [0.25, 0.3) is 15.9 Å². The second-order valence-corrected chi connectivity index (χ2v) is 11.3. The molecule has 0 aliphatic carbocycles. The fourth-order valence-electron chi connectivity index (χ4n) is 4.15. The van der Waals surface area contributed by atoms with Gasteiger partial charge in [0, 0.05) is 29.9 Å². The summed E-state index contributed by atoms with van der Waals surface area (Å²) in [6.07, 6.45) is 4.26. The Morgan fingerprint density at radius 1 is 1.21 bits per heavy atom. The molecule has 0 saturated carbocycles. The van der Waals surface area contributed by atoms with E-state index in [-0.39, 0.29) is 16.1 Å². The van der Waals surface area contributed by atoms with Crippen molar-refractivity contribution in [2.24, 2.45) is 5.92 Å². The van der Waals surface area contributed by atoms with Gasteiger partial charge in [-0.1, -0.05) is 13.0 Å². The highest BCUT2D eigenvalue weighted by molar-refractivity contribution is 7.90. The van der Waals surface area contributed by atoms with Crippen LogP contribution in [-0.2, 0) is 16.6 Å². The predicted octanol–water partition coefficient (Wildman–Crippen LogP) is 3.29. The topological polar surface area (TPSA) is 117 Å². The zero-order valence-corrected chi connectivity index (χ0v) is 20.3. The molecule has 3 aromatic heterocycles. The van der Waals surface area contributed by atoms with E-state index >= 15 is 0 Å². The smallest absolute Gasteiger partial charge is 0.281 e. The van der Waals surface area contributed by atoms with Crippen molar-refractivity contribution in [1.82, 2.24) is 19.7 Å². The zero-order chi connectivity index (χ0) is 23.6. The Balaban J connectivity index is 1.54. The monoisotopic (exact) mass is 486 g/mol. The summed E-state index contributed by atoms with van der Waals surface area (Å²) in [5.41, 5.74) is 0.0157. The largest absolute Gasteiger partial charge is 0.364 e. The van der Waals surface area contributed by atoms with Crippen molar-refractivity contribution < 1.29 is 13.2 Å². The molecule has 1 amide bonds. The fourth-order valence-corrected chi connectivity index (χ4v) is 5.64. The van der Waals surface area contributed by atoms with Gasteiger partial charge in [-0.15, -0.1) is 11.3 Å². The summed E-state index contributed by atoms with van der Waals surface area (Å²) in [6, 6.07) is 7.79. The summed E-state index contributed by atoms with van der Waals surface area (Å²) in [6.45, 7) is 7.50. The van der Waals surface area contributed by atoms with E-state index in [4.69, 9.17) is 0 Å². The number of thiazole rings is 1. The number of nitrogens with one attached hydrogen (secondary N) is 2. The summed E-state index contributed by atoms with van der Waals surface area (Å²) in [5, 5.41) is 5.50. The van der Waals surface area contributed by atoms with Gasteiger partial charge in [0.1, 0.15) is 16.6 Å². The number of sulfonamides is 1. The number of rotatable bonds is 7. The molecule has 1 saturated heterocycles. The Kier molecular flexibility index (Phi) is 6.35. The molecule has 174 valence electrons. The molecule has 1 fully saturated rings. The SMILES string of the molecule is CC1CN(c2ncccc2C(=O)NS(=O)(=O)c2cccc(NCc3nccs3)n2)C(C)(C)C1. The number of nitrogens with zero attached hydrogens (tertiary/aromatic N) is 4. The second-order valence-electron chi connectivity index (χ2n) is 8.68. The number of carbonyl (C=O) groups excluding carboxylic acids is 1. The van der Waals surface area contributed by atoms with E-state index < -0.39 is 15.9 Å². The molecule has 4 heterocycles. The Morgan fingerprint density at radius 3 is 2.73 bits per heavy atom. The highest BCUT2D eigenvalue weighted by Crippen LogP contribution is 2.37. The number of carbonyl (C=O) groups is 1. The Bertz CT molecular complexity index is 1240. The van der Waals surface area contributed by atoms with Gasteiger partial charge in [-0.25, -0.2) is 19.7 Å². The molecular weight excluding hydrogens is 460 g/mol. The van der Waals surface area contributed by atoms with Crippen LogP contribution >= 0.6 is 11.3 Å². The maximum absolute atomic E-state index is 13.1. The molecule has 3 aromatic rings. The summed E-state index contributed by atoms with van der Waals surface area (Å²) in [7, 11) is -4.19. The van der Waals surface area contributed by atoms with Crippen LogP contribution in [0.1, 0.15) is 42.6 Å². The first-order valence-electron chi connectivity index (χ1n) is 10.5. The van der Waals surface area contributed by atoms with Crippen molar-refractivity contribution in [3.63, 3.8) is 0 Å². The minimum atomic E-state index is -4.19. The minimum Gasteiger partial charge on any atom is -0.364 e. The van der Waals surface area contributed by atoms with Crippen LogP contribution in [0.4, 0.5) is 11.6 Å². The maximum atomic E-state index is 13.1. The third kappa shape index (κ3) is 5.14. The van der Waals surface area contributed by atoms with Crippen LogP contribution in [-0.4, -0.2) is 41.4 Å². The Hall–Kier alpha value is -3.05. The van der Waals surface area contributed by atoms with E-state index in [1.807, 2.05) is 5.38 Å². The molecule has 0 radical (unpaired) electrons. The molecule has 11 heteroatoms. The van der Waals surface area contributed by atoms with Crippen molar-refractivity contribution in [3.8, 4) is 0 Å². The molecule has 1 aliphatic rings. The van der Waals surface area contributed by atoms with Crippen LogP contribution in [0.15, 0.2) is 53.1 Å². The molecule has 1 aliphatic heterocycles. The summed E-state index contributed by atoms with van der Waals surface area (Å²) < 4.78 is 28.0. The van der Waals surface area contributed by atoms with E-state index in [0.717, 1.165) is 18.0 Å². The lowest BCUT2D eigenvalue weighted by molar-refractivity contribution is 0.0981. The van der Waals surface area contributed by atoms with E-state index in [0.29, 0.717) is 24.1 Å². The van der Waals surface area contributed by atoms with Gasteiger partial charge >= 0.3 is 0 Å². The summed E-state index contributed by atoms with van der Waals surface area (Å²) >= 11 is 1.48. The van der Waals surface area contributed by atoms with Crippen LogP contribution in [0.5, 0.6) is 0 Å². The summed E-state index contributed by atoms with van der Waals surface area (Å²) in [5.74, 6) is 0.545. The van der Waals surface area contributed by atoms with Gasteiger partial charge in [0.2, 0.25) is 0 Å². The summed E-state index contributed by atoms with van der Waals surface area (Å²) in [4.78, 5) is 27.9. The van der Waals surface area contributed by atoms with E-state index in [1.165, 1.54) is 17.4 Å². The molecule has 2 N–H and O–H groups in total. The predicted molar refractivity (Wildman–Crippen MR) is 128 cm³/mol. The number of amides is 1. The number of aromatic nitrogens is 3. The lowest BCUT2D eigenvalue weighted by atomic mass is 9.97. The molecule has 0 aromatic carbocycles. The third-order valence-corrected chi connectivity index (χ3v) is 7.50. The first-order valence-corrected chi connectivity index (χ1v) is 12.9. The number of hydrogen-bond acceptors (Lipinski definition) is 9. The van der Waals surface area contributed by atoms with Crippen molar-refractivity contribution in [1.29, 1.82) is 0 Å². The maximum Gasteiger partial charge on any atom is 0.281 e. The van der Waals surface area contributed by atoms with Crippen LogP contribution in [0.2, 0.25) is 0 Å². The first kappa shape index (κ1) is 23.1. The average molecular weight is 487 g/mol. The van der Waals surface area contributed by atoms with Crippen molar-refractivity contribution in [3.05, 3.63) is 58.7 Å². The normalized spacial score (nSPS) is 17.7. The number of pyridine rings is 2. The first-order chi connectivity index (χ1) is 15.7. The van der Waals surface area contributed by atoms with Gasteiger partial charge in [-0.05, 0) is 50.5 Å². The number of hydrogen-bond donors (Lipinski definition) is 2. The van der Waals surface area contributed by atoms with E-state index in [1.54, 1.807) is 36.7 Å². The minimum absolute atomic E-state index is 0.194. The fraction of sp³-hybridized carbons (Fsp3) is 0.364. The van der Waals surface area contributed by atoms with Crippen LogP contribution in [0, 0.1) is 5.92 Å². The highest BCUT2D eigenvalue weighted by Gasteiger charge is 2.39. The van der Waals surface area contributed by atoms with Gasteiger partial charge < -0.3 is 10.2 Å². The van der Waals surface area contributed by atoms with E-state index in [9.17, 15) is 13.2 Å². The molecule has 1 atom stereocenters. The molecule has 0 bridgehead atoms. The molecule has 0 spiro atoms. The molecule has 1 unspecified atom stereocenters. The zero-order valence-electron chi connectivity index (χ0n) is 18.6. The highest BCUT2D eigenvalue weighted by atomic mass is 32.2. The van der Waals surface area contributed by atoms with Crippen LogP contribution < -0.4 is 14.9 Å². The van der Waals surface area contributed by atoms with Crippen LogP contribution in [0.25, 0.3) is 0 Å². The molecule has 9 nitrogen and oxygen atoms in total. The van der Waals surface area contributed by atoms with Gasteiger partial charge in [0.05, 0.1) is 12.1 Å². The quantitative estimate of drug-likeness (QED) is 0.522. The van der Waals surface area contributed by atoms with Crippen LogP contribution in [0.3, 0.4) is 0 Å². The standard InChI is InChI=1S/C22H26N6O3S2/c1-15-12-22(2,3)28(14-15)20-16(6-5-9-24-20)21(29)27-33(30,31)19-8-4-7-17(26-19)25-13-18-23-10-11-32-18/h4-11,15H,12-14H2,1-3H3,(H,25,26)(H,27,29). The van der Waals surface area contributed by atoms with Crippen molar-refractivity contribution >= 4 is 38.9 Å². The molecule has 4 rings (SSSR count). The average Bonchev–Trinajstić information content (AvgIpc) is 3.38. The van der Waals surface area contributed by atoms with E-state index in [2.05, 4.69) is 50.7 Å². The van der Waals surface area contributed by atoms with Gasteiger partial charge in [0.15, 0.2) is 5.03 Å². The Morgan fingerprint density at radius 2 is 2.03 bits per heavy atom. The molecule has 33 heavy (non-hydrogen) atoms. The van der Waals surface area contributed by atoms with Crippen molar-refractivity contribution in [2.75, 3.05) is 16.8 Å². The van der Waals surface area contributed by atoms with Gasteiger partial charge in [-0.2, -0.15) is 8.42 Å². The third-order valence-electron chi connectivity index (χ3n) is 5.49. The molecular formula is C22H26N6O3S2. The lowest BCUT2D eigenvalue weighted by Crippen LogP contribution is -2.41. The number of anilines is 2. The Labute approximate surface area is 197 Å². The lowest BCUT2D eigenvalue weighted by Gasteiger charge is -2.33. The van der Waals surface area contributed by atoms with Gasteiger partial charge in [-0.3, -0.25) is 4.79 Å².